The van der Waals surface area contributed by atoms with Crippen molar-refractivity contribution in [3.63, 3.8) is 0 Å². The molecule has 0 spiro atoms. The fraction of sp³-hybridized carbons (Fsp3) is 0.167. The Morgan fingerprint density at radius 3 is 2.05 bits per heavy atom. The van der Waals surface area contributed by atoms with Crippen LogP contribution in [0, 0.1) is 11.3 Å². The zero-order valence-corrected chi connectivity index (χ0v) is 12.0. The van der Waals surface area contributed by atoms with Gasteiger partial charge in [-0.3, -0.25) is 14.5 Å². The topological polar surface area (TPSA) is 61.2 Å². The molecule has 0 aliphatic carbocycles. The summed E-state index contributed by atoms with van der Waals surface area (Å²) in [4.78, 5) is 25.7. The summed E-state index contributed by atoms with van der Waals surface area (Å²) in [6.45, 7) is 0.409. The maximum atomic E-state index is 12.2. The van der Waals surface area contributed by atoms with Crippen molar-refractivity contribution in [2.75, 3.05) is 6.54 Å². The van der Waals surface area contributed by atoms with E-state index in [2.05, 4.69) is 6.07 Å². The van der Waals surface area contributed by atoms with Crippen LogP contribution in [0.2, 0.25) is 0 Å². The quantitative estimate of drug-likeness (QED) is 0.813. The van der Waals surface area contributed by atoms with Crippen molar-refractivity contribution in [1.82, 2.24) is 4.90 Å². The van der Waals surface area contributed by atoms with Gasteiger partial charge in [-0.05, 0) is 42.7 Å². The summed E-state index contributed by atoms with van der Waals surface area (Å²) in [5.41, 5.74) is 2.71. The average Bonchev–Trinajstić information content (AvgIpc) is 2.81. The molecule has 1 aliphatic heterocycles. The highest BCUT2D eigenvalue weighted by molar-refractivity contribution is 6.21. The molecule has 1 aliphatic rings. The summed E-state index contributed by atoms with van der Waals surface area (Å²) in [5.74, 6) is -0.416. The van der Waals surface area contributed by atoms with Gasteiger partial charge in [-0.1, -0.05) is 24.3 Å². The molecule has 0 bridgehead atoms. The molecule has 1 heterocycles. The minimum atomic E-state index is -0.208. The van der Waals surface area contributed by atoms with Crippen molar-refractivity contribution in [3.8, 4) is 6.07 Å². The normalized spacial score (nSPS) is 13.1. The van der Waals surface area contributed by atoms with Crippen molar-refractivity contribution in [2.24, 2.45) is 0 Å². The fourth-order valence-electron chi connectivity index (χ4n) is 2.63. The Kier molecular flexibility index (Phi) is 3.71. The standard InChI is InChI=1S/C18H14N2O2/c19-12-14-9-7-13(8-10-14)4-3-11-20-17(21)15-5-1-2-6-16(15)18(20)22/h1-2,5-10H,3-4,11H2. The van der Waals surface area contributed by atoms with Crippen molar-refractivity contribution in [3.05, 3.63) is 70.8 Å². The van der Waals surface area contributed by atoms with Crippen molar-refractivity contribution in [2.45, 2.75) is 12.8 Å². The largest absolute Gasteiger partial charge is 0.274 e. The van der Waals surface area contributed by atoms with Gasteiger partial charge in [0, 0.05) is 6.54 Å². The van der Waals surface area contributed by atoms with Gasteiger partial charge in [0.05, 0.1) is 22.8 Å². The van der Waals surface area contributed by atoms with Crippen LogP contribution in [-0.4, -0.2) is 23.3 Å². The molecule has 0 unspecified atom stereocenters. The summed E-state index contributed by atoms with van der Waals surface area (Å²) >= 11 is 0. The van der Waals surface area contributed by atoms with Crippen LogP contribution in [0.15, 0.2) is 48.5 Å². The molecule has 3 rings (SSSR count). The van der Waals surface area contributed by atoms with Gasteiger partial charge in [-0.15, -0.1) is 0 Å². The van der Waals surface area contributed by atoms with E-state index in [-0.39, 0.29) is 11.8 Å². The minimum Gasteiger partial charge on any atom is -0.274 e. The van der Waals surface area contributed by atoms with E-state index in [0.717, 1.165) is 12.0 Å². The number of carbonyl (C=O) groups is 2. The van der Waals surface area contributed by atoms with Crippen LogP contribution in [-0.2, 0) is 6.42 Å². The van der Waals surface area contributed by atoms with E-state index >= 15 is 0 Å². The van der Waals surface area contributed by atoms with E-state index in [0.29, 0.717) is 29.7 Å². The van der Waals surface area contributed by atoms with Crippen LogP contribution in [0.1, 0.15) is 38.3 Å². The molecule has 0 N–H and O–H groups in total. The van der Waals surface area contributed by atoms with Gasteiger partial charge in [0.15, 0.2) is 0 Å². The van der Waals surface area contributed by atoms with Gasteiger partial charge < -0.3 is 0 Å². The van der Waals surface area contributed by atoms with Crippen LogP contribution < -0.4 is 0 Å². The highest BCUT2D eigenvalue weighted by atomic mass is 16.2. The van der Waals surface area contributed by atoms with E-state index in [4.69, 9.17) is 5.26 Å². The predicted molar refractivity (Wildman–Crippen MR) is 81.3 cm³/mol. The molecule has 2 aromatic rings. The van der Waals surface area contributed by atoms with Crippen molar-refractivity contribution >= 4 is 11.8 Å². The van der Waals surface area contributed by atoms with Gasteiger partial charge in [0.25, 0.3) is 11.8 Å². The molecule has 22 heavy (non-hydrogen) atoms. The van der Waals surface area contributed by atoms with Crippen molar-refractivity contribution in [1.29, 1.82) is 5.26 Å². The first kappa shape index (κ1) is 14.0. The van der Waals surface area contributed by atoms with Gasteiger partial charge in [0.1, 0.15) is 0 Å². The van der Waals surface area contributed by atoms with E-state index in [1.54, 1.807) is 36.4 Å². The number of benzene rings is 2. The predicted octanol–water partition coefficient (Wildman–Crippen LogP) is 2.79. The highest BCUT2D eigenvalue weighted by Gasteiger charge is 2.34. The lowest BCUT2D eigenvalue weighted by Crippen LogP contribution is -2.30. The molecular formula is C18H14N2O2. The zero-order valence-electron chi connectivity index (χ0n) is 12.0. The van der Waals surface area contributed by atoms with E-state index < -0.39 is 0 Å². The Morgan fingerprint density at radius 2 is 1.50 bits per heavy atom. The van der Waals surface area contributed by atoms with Gasteiger partial charge in [-0.25, -0.2) is 0 Å². The first-order valence-electron chi connectivity index (χ1n) is 7.15. The number of carbonyl (C=O) groups excluding carboxylic acids is 2. The first-order valence-corrected chi connectivity index (χ1v) is 7.15. The first-order chi connectivity index (χ1) is 10.7. The smallest absolute Gasteiger partial charge is 0.261 e. The lowest BCUT2D eigenvalue weighted by atomic mass is 10.1. The maximum Gasteiger partial charge on any atom is 0.261 e. The SMILES string of the molecule is N#Cc1ccc(CCCN2C(=O)c3ccccc3C2=O)cc1. The number of nitrogens with zero attached hydrogens (tertiary/aromatic N) is 2. The van der Waals surface area contributed by atoms with Crippen LogP contribution in [0.5, 0.6) is 0 Å². The third-order valence-electron chi connectivity index (χ3n) is 3.81. The molecule has 2 aromatic carbocycles. The lowest BCUT2D eigenvalue weighted by Gasteiger charge is -2.13. The highest BCUT2D eigenvalue weighted by Crippen LogP contribution is 2.22. The number of rotatable bonds is 4. The second-order valence-corrected chi connectivity index (χ2v) is 5.22. The lowest BCUT2D eigenvalue weighted by molar-refractivity contribution is 0.0652. The molecule has 0 saturated carbocycles. The maximum absolute atomic E-state index is 12.2. The van der Waals surface area contributed by atoms with E-state index in [1.165, 1.54) is 4.90 Å². The van der Waals surface area contributed by atoms with Gasteiger partial charge >= 0.3 is 0 Å². The number of nitriles is 1. The molecule has 0 fully saturated rings. The Bertz CT molecular complexity index is 737. The number of hydrogen-bond acceptors (Lipinski definition) is 3. The number of imide groups is 1. The second-order valence-electron chi connectivity index (χ2n) is 5.22. The molecule has 0 saturated heterocycles. The van der Waals surface area contributed by atoms with Crippen molar-refractivity contribution < 1.29 is 9.59 Å². The van der Waals surface area contributed by atoms with E-state index in [9.17, 15) is 9.59 Å². The molecular weight excluding hydrogens is 276 g/mol. The zero-order chi connectivity index (χ0) is 15.5. The van der Waals surface area contributed by atoms with Crippen LogP contribution in [0.25, 0.3) is 0 Å². The Morgan fingerprint density at radius 1 is 0.909 bits per heavy atom. The van der Waals surface area contributed by atoms with Crippen LogP contribution in [0.3, 0.4) is 0 Å². The van der Waals surface area contributed by atoms with Crippen LogP contribution in [0.4, 0.5) is 0 Å². The Labute approximate surface area is 128 Å². The summed E-state index contributed by atoms with van der Waals surface area (Å²) in [6, 6.07) is 16.4. The van der Waals surface area contributed by atoms with Gasteiger partial charge in [-0.2, -0.15) is 5.26 Å². The number of aryl methyl sites for hydroxylation is 1. The molecule has 2 amide bonds. The fourth-order valence-corrected chi connectivity index (χ4v) is 2.63. The second kappa shape index (κ2) is 5.82. The number of hydrogen-bond donors (Lipinski definition) is 0. The molecule has 4 heteroatoms. The number of amides is 2. The van der Waals surface area contributed by atoms with Crippen LogP contribution >= 0.6 is 0 Å². The molecule has 108 valence electrons. The minimum absolute atomic E-state index is 0.208. The molecule has 4 nitrogen and oxygen atoms in total. The van der Waals surface area contributed by atoms with E-state index in [1.807, 2.05) is 12.1 Å². The molecule has 0 atom stereocenters. The summed E-state index contributed by atoms with van der Waals surface area (Å²) in [5, 5.41) is 8.76. The average molecular weight is 290 g/mol. The Hall–Kier alpha value is -2.93. The monoisotopic (exact) mass is 290 g/mol. The number of fused-ring (bicyclic) bond motifs is 1. The third-order valence-corrected chi connectivity index (χ3v) is 3.81. The summed E-state index contributed by atoms with van der Waals surface area (Å²) in [6.07, 6.45) is 1.47. The molecule has 0 aromatic heterocycles. The summed E-state index contributed by atoms with van der Waals surface area (Å²) < 4.78 is 0. The summed E-state index contributed by atoms with van der Waals surface area (Å²) in [7, 11) is 0. The van der Waals surface area contributed by atoms with Gasteiger partial charge in [0.2, 0.25) is 0 Å². The molecule has 0 radical (unpaired) electrons. The Balaban J connectivity index is 1.62. The third kappa shape index (κ3) is 2.49.